The number of sulfonamides is 1. The maximum atomic E-state index is 12.7. The summed E-state index contributed by atoms with van der Waals surface area (Å²) in [6.45, 7) is 5.59. The van der Waals surface area contributed by atoms with Crippen LogP contribution in [0.2, 0.25) is 0 Å². The average molecular weight is 296 g/mol. The van der Waals surface area contributed by atoms with Crippen molar-refractivity contribution in [2.45, 2.75) is 44.4 Å². The molecule has 1 N–H and O–H groups in total. The molecule has 1 aliphatic rings. The van der Waals surface area contributed by atoms with E-state index in [9.17, 15) is 8.42 Å². The van der Waals surface area contributed by atoms with Crippen LogP contribution in [0.1, 0.15) is 37.3 Å². The van der Waals surface area contributed by atoms with Crippen LogP contribution in [0, 0.1) is 6.92 Å². The Kier molecular flexibility index (Phi) is 4.70. The molecule has 0 unspecified atom stereocenters. The van der Waals surface area contributed by atoms with Crippen LogP contribution in [-0.2, 0) is 16.4 Å². The van der Waals surface area contributed by atoms with Crippen LogP contribution >= 0.6 is 0 Å². The van der Waals surface area contributed by atoms with E-state index in [1.807, 2.05) is 13.0 Å². The molecule has 0 amide bonds. The quantitative estimate of drug-likeness (QED) is 0.909. The highest BCUT2D eigenvalue weighted by Gasteiger charge is 2.26. The van der Waals surface area contributed by atoms with Gasteiger partial charge in [0.05, 0.1) is 4.90 Å². The first-order valence-electron chi connectivity index (χ1n) is 7.31. The maximum absolute atomic E-state index is 12.7. The summed E-state index contributed by atoms with van der Waals surface area (Å²) in [5.74, 6) is 0. The monoisotopic (exact) mass is 296 g/mol. The van der Waals surface area contributed by atoms with E-state index in [1.165, 1.54) is 4.31 Å². The zero-order chi connectivity index (χ0) is 14.8. The third-order valence-electron chi connectivity index (χ3n) is 3.90. The molecule has 20 heavy (non-hydrogen) atoms. The van der Waals surface area contributed by atoms with Crippen molar-refractivity contribution in [3.63, 3.8) is 0 Å². The van der Waals surface area contributed by atoms with Crippen molar-refractivity contribution in [1.29, 1.82) is 0 Å². The molecule has 1 heterocycles. The van der Waals surface area contributed by atoms with Gasteiger partial charge in [-0.15, -0.1) is 0 Å². The number of rotatable bonds is 5. The Hall–Kier alpha value is -1.07. The lowest BCUT2D eigenvalue weighted by molar-refractivity contribution is 0.458. The van der Waals surface area contributed by atoms with Gasteiger partial charge < -0.3 is 5.32 Å². The molecule has 0 bridgehead atoms. The molecule has 4 nitrogen and oxygen atoms in total. The molecule has 1 aliphatic heterocycles. The number of nitrogens with zero attached hydrogens (tertiary/aromatic N) is 1. The number of nitrogens with one attached hydrogen (secondary N) is 1. The van der Waals surface area contributed by atoms with Gasteiger partial charge in [0, 0.05) is 25.8 Å². The number of unbranched alkanes of at least 4 members (excludes halogenated alkanes) is 1. The van der Waals surface area contributed by atoms with Gasteiger partial charge in [0.2, 0.25) is 10.0 Å². The Bertz CT molecular complexity index is 582. The maximum Gasteiger partial charge on any atom is 0.243 e. The van der Waals surface area contributed by atoms with E-state index in [-0.39, 0.29) is 0 Å². The molecule has 0 atom stereocenters. The van der Waals surface area contributed by atoms with E-state index < -0.39 is 10.0 Å². The lowest BCUT2D eigenvalue weighted by Gasteiger charge is -2.25. The molecule has 0 aromatic heterocycles. The summed E-state index contributed by atoms with van der Waals surface area (Å²) in [6.07, 6.45) is 3.70. The highest BCUT2D eigenvalue weighted by molar-refractivity contribution is 7.89. The molecule has 5 heteroatoms. The second-order valence-electron chi connectivity index (χ2n) is 5.44. The summed E-state index contributed by atoms with van der Waals surface area (Å²) in [5, 5.41) is 3.34. The highest BCUT2D eigenvalue weighted by Crippen LogP contribution is 2.32. The first-order chi connectivity index (χ1) is 9.48. The number of anilines is 1. The van der Waals surface area contributed by atoms with E-state index >= 15 is 0 Å². The number of aryl methyl sites for hydroxylation is 1. The fourth-order valence-electron chi connectivity index (χ4n) is 2.63. The lowest BCUT2D eigenvalue weighted by Crippen LogP contribution is -2.29. The Morgan fingerprint density at radius 2 is 2.10 bits per heavy atom. The molecule has 0 saturated carbocycles. The normalized spacial score (nSPS) is 15.0. The van der Waals surface area contributed by atoms with Gasteiger partial charge in [-0.1, -0.05) is 19.4 Å². The van der Waals surface area contributed by atoms with Crippen LogP contribution in [0.3, 0.4) is 0 Å². The summed E-state index contributed by atoms with van der Waals surface area (Å²) in [6, 6.07) is 3.66. The molecule has 1 aromatic carbocycles. The van der Waals surface area contributed by atoms with Crippen molar-refractivity contribution in [3.8, 4) is 0 Å². The van der Waals surface area contributed by atoms with E-state index in [1.54, 1.807) is 13.1 Å². The number of hydrogen-bond acceptors (Lipinski definition) is 3. The summed E-state index contributed by atoms with van der Waals surface area (Å²) < 4.78 is 26.9. The summed E-state index contributed by atoms with van der Waals surface area (Å²) in [4.78, 5) is 0.476. The fraction of sp³-hybridized carbons (Fsp3) is 0.600. The predicted octanol–water partition coefficient (Wildman–Crippen LogP) is 2.77. The van der Waals surface area contributed by atoms with E-state index in [0.717, 1.165) is 49.0 Å². The van der Waals surface area contributed by atoms with Gasteiger partial charge in [0.1, 0.15) is 0 Å². The molecule has 0 radical (unpaired) electrons. The summed E-state index contributed by atoms with van der Waals surface area (Å²) in [7, 11) is -1.70. The van der Waals surface area contributed by atoms with Gasteiger partial charge >= 0.3 is 0 Å². The van der Waals surface area contributed by atoms with Gasteiger partial charge in [-0.3, -0.25) is 0 Å². The van der Waals surface area contributed by atoms with Crippen LogP contribution in [0.25, 0.3) is 0 Å². The molecule has 2 rings (SSSR count). The molecule has 1 aromatic rings. The van der Waals surface area contributed by atoms with Crippen LogP contribution in [0.15, 0.2) is 17.0 Å². The highest BCUT2D eigenvalue weighted by atomic mass is 32.2. The first-order valence-corrected chi connectivity index (χ1v) is 8.75. The number of benzene rings is 1. The summed E-state index contributed by atoms with van der Waals surface area (Å²) in [5.41, 5.74) is 3.09. The van der Waals surface area contributed by atoms with Gasteiger partial charge in [0.25, 0.3) is 0 Å². The Labute approximate surface area is 122 Å². The number of hydrogen-bond donors (Lipinski definition) is 1. The van der Waals surface area contributed by atoms with Gasteiger partial charge in [-0.2, -0.15) is 0 Å². The number of fused-ring (bicyclic) bond motifs is 1. The Balaban J connectivity index is 2.42. The van der Waals surface area contributed by atoms with Crippen molar-refractivity contribution in [1.82, 2.24) is 4.31 Å². The zero-order valence-electron chi connectivity index (χ0n) is 12.6. The van der Waals surface area contributed by atoms with Crippen molar-refractivity contribution in [3.05, 3.63) is 23.3 Å². The molecule has 0 aliphatic carbocycles. The third-order valence-corrected chi connectivity index (χ3v) is 5.84. The minimum absolute atomic E-state index is 0.476. The van der Waals surface area contributed by atoms with Crippen molar-refractivity contribution >= 4 is 15.7 Å². The zero-order valence-corrected chi connectivity index (χ0v) is 13.4. The molecular weight excluding hydrogens is 272 g/mol. The first kappa shape index (κ1) is 15.3. The minimum Gasteiger partial charge on any atom is -0.385 e. The topological polar surface area (TPSA) is 49.4 Å². The summed E-state index contributed by atoms with van der Waals surface area (Å²) >= 11 is 0. The average Bonchev–Trinajstić information content (AvgIpc) is 2.45. The largest absolute Gasteiger partial charge is 0.385 e. The molecule has 112 valence electrons. The molecule has 0 fully saturated rings. The van der Waals surface area contributed by atoms with Gasteiger partial charge in [-0.25, -0.2) is 12.7 Å². The Morgan fingerprint density at radius 1 is 1.35 bits per heavy atom. The fourth-order valence-corrected chi connectivity index (χ4v) is 4.09. The molecule has 0 saturated heterocycles. The van der Waals surface area contributed by atoms with Crippen molar-refractivity contribution < 1.29 is 8.42 Å². The van der Waals surface area contributed by atoms with Crippen LogP contribution in [0.5, 0.6) is 0 Å². The van der Waals surface area contributed by atoms with Crippen LogP contribution in [-0.4, -0.2) is 32.9 Å². The standard InChI is InChI=1S/C15H24N2O2S/c1-4-5-11-17(3)20(18,19)14-9-8-12(2)15-13(14)7-6-10-16-15/h8-9,16H,4-7,10-11H2,1-3H3. The predicted molar refractivity (Wildman–Crippen MR) is 82.7 cm³/mol. The third kappa shape index (κ3) is 2.83. The SMILES string of the molecule is CCCCN(C)S(=O)(=O)c1ccc(C)c2c1CCCN2. The van der Waals surface area contributed by atoms with Crippen molar-refractivity contribution in [2.24, 2.45) is 0 Å². The molecular formula is C15H24N2O2S. The lowest BCUT2D eigenvalue weighted by atomic mass is 10.00. The minimum atomic E-state index is -3.38. The van der Waals surface area contributed by atoms with Crippen LogP contribution < -0.4 is 5.32 Å². The van der Waals surface area contributed by atoms with E-state index in [4.69, 9.17) is 0 Å². The van der Waals surface area contributed by atoms with E-state index in [2.05, 4.69) is 12.2 Å². The van der Waals surface area contributed by atoms with Crippen LogP contribution in [0.4, 0.5) is 5.69 Å². The smallest absolute Gasteiger partial charge is 0.243 e. The van der Waals surface area contributed by atoms with E-state index in [0.29, 0.717) is 11.4 Å². The second-order valence-corrected chi connectivity index (χ2v) is 7.46. The second kappa shape index (κ2) is 6.14. The molecule has 0 spiro atoms. The van der Waals surface area contributed by atoms with Gasteiger partial charge in [-0.05, 0) is 43.4 Å². The van der Waals surface area contributed by atoms with Crippen molar-refractivity contribution in [2.75, 3.05) is 25.5 Å². The van der Waals surface area contributed by atoms with Gasteiger partial charge in [0.15, 0.2) is 0 Å². The Morgan fingerprint density at radius 3 is 2.80 bits per heavy atom.